The summed E-state index contributed by atoms with van der Waals surface area (Å²) >= 11 is 5.80. The van der Waals surface area contributed by atoms with E-state index in [1.54, 1.807) is 11.0 Å². The summed E-state index contributed by atoms with van der Waals surface area (Å²) in [7, 11) is 0. The first-order valence-corrected chi connectivity index (χ1v) is 6.52. The average Bonchev–Trinajstić information content (AvgIpc) is 2.42. The van der Waals surface area contributed by atoms with Gasteiger partial charge in [0.15, 0.2) is 0 Å². The minimum Gasteiger partial charge on any atom is -0.506 e. The van der Waals surface area contributed by atoms with Crippen LogP contribution in [-0.4, -0.2) is 29.0 Å². The number of phenolic OH excluding ortho intramolecular Hbond substituents is 1. The highest BCUT2D eigenvalue weighted by atomic mass is 35.5. The zero-order chi connectivity index (χ0) is 14.0. The summed E-state index contributed by atoms with van der Waals surface area (Å²) in [4.78, 5) is 14.0. The molecule has 0 saturated carbocycles. The Kier molecular flexibility index (Phi) is 3.68. The number of benzene rings is 1. The van der Waals surface area contributed by atoms with Gasteiger partial charge in [-0.25, -0.2) is 0 Å². The Labute approximate surface area is 117 Å². The lowest BCUT2D eigenvalue weighted by atomic mass is 9.82. The number of rotatable bonds is 1. The largest absolute Gasteiger partial charge is 0.506 e. The highest BCUT2D eigenvalue weighted by molar-refractivity contribution is 6.32. The molecule has 1 saturated heterocycles. The van der Waals surface area contributed by atoms with Gasteiger partial charge in [0.05, 0.1) is 16.5 Å². The molecule has 0 bridgehead atoms. The van der Waals surface area contributed by atoms with Crippen molar-refractivity contribution in [2.45, 2.75) is 19.8 Å². The van der Waals surface area contributed by atoms with Crippen molar-refractivity contribution in [3.05, 3.63) is 28.8 Å². The Morgan fingerprint density at radius 2 is 2.11 bits per heavy atom. The molecule has 1 heterocycles. The Morgan fingerprint density at radius 3 is 2.63 bits per heavy atom. The van der Waals surface area contributed by atoms with E-state index in [1.165, 1.54) is 12.1 Å². The van der Waals surface area contributed by atoms with Gasteiger partial charge in [-0.05, 0) is 38.0 Å². The van der Waals surface area contributed by atoms with E-state index in [4.69, 9.17) is 16.9 Å². The fourth-order valence-corrected chi connectivity index (χ4v) is 2.32. The molecule has 1 amide bonds. The zero-order valence-electron chi connectivity index (χ0n) is 10.7. The molecule has 1 aromatic rings. The number of carbonyl (C=O) groups excluding carboxylic acids is 1. The van der Waals surface area contributed by atoms with Crippen molar-refractivity contribution in [1.82, 2.24) is 4.90 Å². The summed E-state index contributed by atoms with van der Waals surface area (Å²) in [6.45, 7) is 3.06. The number of phenols is 1. The van der Waals surface area contributed by atoms with Crippen LogP contribution in [0, 0.1) is 16.7 Å². The minimum atomic E-state index is -0.330. The molecular formula is C14H15ClN2O2. The van der Waals surface area contributed by atoms with Crippen LogP contribution < -0.4 is 0 Å². The number of likely N-dealkylation sites (tertiary alicyclic amines) is 1. The Hall–Kier alpha value is -1.73. The maximum absolute atomic E-state index is 12.3. The van der Waals surface area contributed by atoms with Gasteiger partial charge in [-0.1, -0.05) is 11.6 Å². The van der Waals surface area contributed by atoms with Crippen molar-refractivity contribution in [3.63, 3.8) is 0 Å². The number of hydrogen-bond acceptors (Lipinski definition) is 3. The Balaban J connectivity index is 2.10. The van der Waals surface area contributed by atoms with Gasteiger partial charge in [0, 0.05) is 18.7 Å². The highest BCUT2D eigenvalue weighted by Gasteiger charge is 2.32. The number of piperidine rings is 1. The fraction of sp³-hybridized carbons (Fsp3) is 0.429. The standard InChI is InChI=1S/C14H15ClN2O2/c1-14(9-16)4-6-17(7-5-14)13(19)10-2-3-12(18)11(15)8-10/h2-3,8,18H,4-7H2,1H3. The van der Waals surface area contributed by atoms with Crippen LogP contribution in [0.1, 0.15) is 30.1 Å². The van der Waals surface area contributed by atoms with Crippen LogP contribution in [-0.2, 0) is 0 Å². The van der Waals surface area contributed by atoms with Crippen LogP contribution in [0.25, 0.3) is 0 Å². The molecule has 100 valence electrons. The molecule has 1 fully saturated rings. The number of nitriles is 1. The van der Waals surface area contributed by atoms with E-state index in [0.29, 0.717) is 31.5 Å². The molecule has 1 aromatic carbocycles. The summed E-state index contributed by atoms with van der Waals surface area (Å²) < 4.78 is 0. The lowest BCUT2D eigenvalue weighted by Crippen LogP contribution is -2.41. The van der Waals surface area contributed by atoms with Crippen molar-refractivity contribution >= 4 is 17.5 Å². The van der Waals surface area contributed by atoms with E-state index < -0.39 is 0 Å². The number of carbonyl (C=O) groups is 1. The van der Waals surface area contributed by atoms with E-state index >= 15 is 0 Å². The molecule has 0 atom stereocenters. The van der Waals surface area contributed by atoms with E-state index in [-0.39, 0.29) is 22.1 Å². The van der Waals surface area contributed by atoms with Crippen molar-refractivity contribution < 1.29 is 9.90 Å². The van der Waals surface area contributed by atoms with Crippen LogP contribution in [0.2, 0.25) is 5.02 Å². The molecule has 2 rings (SSSR count). The fourth-order valence-electron chi connectivity index (χ4n) is 2.14. The van der Waals surface area contributed by atoms with Gasteiger partial charge in [0.2, 0.25) is 0 Å². The third-order valence-electron chi connectivity index (χ3n) is 3.62. The van der Waals surface area contributed by atoms with E-state index in [9.17, 15) is 9.90 Å². The average molecular weight is 279 g/mol. The van der Waals surface area contributed by atoms with E-state index in [2.05, 4.69) is 6.07 Å². The summed E-state index contributed by atoms with van der Waals surface area (Å²) in [5, 5.41) is 18.6. The minimum absolute atomic E-state index is 0.0334. The predicted molar refractivity (Wildman–Crippen MR) is 72.0 cm³/mol. The second-order valence-electron chi connectivity index (χ2n) is 5.13. The predicted octanol–water partition coefficient (Wildman–Crippen LogP) is 2.81. The first-order valence-electron chi connectivity index (χ1n) is 6.14. The SMILES string of the molecule is CC1(C#N)CCN(C(=O)c2ccc(O)c(Cl)c2)CC1. The third-order valence-corrected chi connectivity index (χ3v) is 3.92. The van der Waals surface area contributed by atoms with Crippen LogP contribution in [0.5, 0.6) is 5.75 Å². The maximum atomic E-state index is 12.3. The second-order valence-corrected chi connectivity index (χ2v) is 5.54. The van der Waals surface area contributed by atoms with Gasteiger partial charge < -0.3 is 10.0 Å². The smallest absolute Gasteiger partial charge is 0.253 e. The molecule has 0 aromatic heterocycles. The lowest BCUT2D eigenvalue weighted by molar-refractivity contribution is 0.0661. The third kappa shape index (κ3) is 2.82. The molecule has 0 spiro atoms. The molecular weight excluding hydrogens is 264 g/mol. The number of halogens is 1. The summed E-state index contributed by atoms with van der Waals surface area (Å²) in [5.41, 5.74) is 0.131. The highest BCUT2D eigenvalue weighted by Crippen LogP contribution is 2.31. The first kappa shape index (κ1) is 13.7. The molecule has 4 nitrogen and oxygen atoms in total. The quantitative estimate of drug-likeness (QED) is 0.859. The second kappa shape index (κ2) is 5.10. The van der Waals surface area contributed by atoms with Crippen LogP contribution in [0.3, 0.4) is 0 Å². The summed E-state index contributed by atoms with van der Waals surface area (Å²) in [5.74, 6) is -0.143. The van der Waals surface area contributed by atoms with Crippen molar-refractivity contribution in [2.24, 2.45) is 5.41 Å². The number of nitrogens with zero attached hydrogens (tertiary/aromatic N) is 2. The van der Waals surface area contributed by atoms with Gasteiger partial charge in [0.1, 0.15) is 5.75 Å². The van der Waals surface area contributed by atoms with Gasteiger partial charge in [-0.2, -0.15) is 5.26 Å². The van der Waals surface area contributed by atoms with Crippen LogP contribution >= 0.6 is 11.6 Å². The lowest BCUT2D eigenvalue weighted by Gasteiger charge is -2.35. The van der Waals surface area contributed by atoms with Crippen molar-refractivity contribution in [2.75, 3.05) is 13.1 Å². The Bertz CT molecular complexity index is 543. The zero-order valence-corrected chi connectivity index (χ0v) is 11.4. The van der Waals surface area contributed by atoms with E-state index in [0.717, 1.165) is 0 Å². The van der Waals surface area contributed by atoms with Gasteiger partial charge in [0.25, 0.3) is 5.91 Å². The molecule has 0 aliphatic carbocycles. The molecule has 19 heavy (non-hydrogen) atoms. The van der Waals surface area contributed by atoms with Gasteiger partial charge in [-0.3, -0.25) is 4.79 Å². The van der Waals surface area contributed by atoms with Crippen LogP contribution in [0.4, 0.5) is 0 Å². The van der Waals surface area contributed by atoms with Crippen molar-refractivity contribution in [1.29, 1.82) is 5.26 Å². The van der Waals surface area contributed by atoms with E-state index in [1.807, 2.05) is 6.92 Å². The van der Waals surface area contributed by atoms with Crippen LogP contribution in [0.15, 0.2) is 18.2 Å². The summed E-state index contributed by atoms with van der Waals surface area (Å²) in [6.07, 6.45) is 1.36. The number of aromatic hydroxyl groups is 1. The maximum Gasteiger partial charge on any atom is 0.253 e. The topological polar surface area (TPSA) is 64.3 Å². The molecule has 1 N–H and O–H groups in total. The normalized spacial score (nSPS) is 17.8. The molecule has 1 aliphatic heterocycles. The Morgan fingerprint density at radius 1 is 1.47 bits per heavy atom. The number of amides is 1. The number of hydrogen-bond donors (Lipinski definition) is 1. The molecule has 0 unspecified atom stereocenters. The van der Waals surface area contributed by atoms with Crippen molar-refractivity contribution in [3.8, 4) is 11.8 Å². The van der Waals surface area contributed by atoms with Gasteiger partial charge >= 0.3 is 0 Å². The molecule has 5 heteroatoms. The molecule has 0 radical (unpaired) electrons. The monoisotopic (exact) mass is 278 g/mol. The van der Waals surface area contributed by atoms with Gasteiger partial charge in [-0.15, -0.1) is 0 Å². The molecule has 1 aliphatic rings. The summed E-state index contributed by atoms with van der Waals surface area (Å²) in [6, 6.07) is 6.75. The first-order chi connectivity index (χ1) is 8.95.